The summed E-state index contributed by atoms with van der Waals surface area (Å²) in [6.45, 7) is 0. The highest BCUT2D eigenvalue weighted by Crippen LogP contribution is 2.19. The van der Waals surface area contributed by atoms with Crippen molar-refractivity contribution in [2.45, 2.75) is 0 Å². The summed E-state index contributed by atoms with van der Waals surface area (Å²) in [5.74, 6) is 0.797. The SMILES string of the molecule is BrCC=Cc1ccc(-c2ccno2)cc1. The van der Waals surface area contributed by atoms with Crippen LogP contribution in [0.1, 0.15) is 5.56 Å². The van der Waals surface area contributed by atoms with E-state index < -0.39 is 0 Å². The maximum Gasteiger partial charge on any atom is 0.166 e. The molecule has 0 aliphatic rings. The van der Waals surface area contributed by atoms with Crippen LogP contribution in [0.15, 0.2) is 47.1 Å². The maximum absolute atomic E-state index is 5.07. The van der Waals surface area contributed by atoms with Crippen LogP contribution >= 0.6 is 15.9 Å². The molecular weight excluding hydrogens is 254 g/mol. The molecule has 0 N–H and O–H groups in total. The zero-order valence-corrected chi connectivity index (χ0v) is 9.65. The Bertz CT molecular complexity index is 431. The van der Waals surface area contributed by atoms with Crippen LogP contribution < -0.4 is 0 Å². The predicted molar refractivity (Wildman–Crippen MR) is 64.8 cm³/mol. The number of hydrogen-bond acceptors (Lipinski definition) is 2. The van der Waals surface area contributed by atoms with Gasteiger partial charge in [0.05, 0.1) is 6.20 Å². The molecule has 1 aromatic heterocycles. The van der Waals surface area contributed by atoms with E-state index >= 15 is 0 Å². The Labute approximate surface area is 96.7 Å². The summed E-state index contributed by atoms with van der Waals surface area (Å²) in [4.78, 5) is 0. The van der Waals surface area contributed by atoms with Crippen molar-refractivity contribution in [1.82, 2.24) is 5.16 Å². The van der Waals surface area contributed by atoms with Gasteiger partial charge in [-0.05, 0) is 5.56 Å². The lowest BCUT2D eigenvalue weighted by Crippen LogP contribution is -1.75. The number of aromatic nitrogens is 1. The van der Waals surface area contributed by atoms with Gasteiger partial charge in [0, 0.05) is 17.0 Å². The Morgan fingerprint density at radius 2 is 2.00 bits per heavy atom. The minimum absolute atomic E-state index is 0.797. The Hall–Kier alpha value is -1.35. The van der Waals surface area contributed by atoms with Crippen molar-refractivity contribution >= 4 is 22.0 Å². The third-order valence-corrected chi connectivity index (χ3v) is 2.41. The second kappa shape index (κ2) is 4.94. The topological polar surface area (TPSA) is 26.0 Å². The van der Waals surface area contributed by atoms with Gasteiger partial charge in [-0.3, -0.25) is 0 Å². The van der Waals surface area contributed by atoms with Crippen molar-refractivity contribution in [3.05, 3.63) is 48.2 Å². The maximum atomic E-state index is 5.07. The summed E-state index contributed by atoms with van der Waals surface area (Å²) in [6.07, 6.45) is 5.77. The summed E-state index contributed by atoms with van der Waals surface area (Å²) in [6, 6.07) is 10.0. The Balaban J connectivity index is 2.21. The molecule has 2 aromatic rings. The fraction of sp³-hybridized carbons (Fsp3) is 0.0833. The first-order chi connectivity index (χ1) is 7.40. The number of alkyl halides is 1. The highest BCUT2D eigenvalue weighted by Gasteiger charge is 1.99. The Morgan fingerprint density at radius 3 is 2.60 bits per heavy atom. The van der Waals surface area contributed by atoms with Crippen LogP contribution in [-0.2, 0) is 0 Å². The highest BCUT2D eigenvalue weighted by atomic mass is 79.9. The molecule has 1 aromatic carbocycles. The Morgan fingerprint density at radius 1 is 1.20 bits per heavy atom. The summed E-state index contributed by atoms with van der Waals surface area (Å²) in [5, 5.41) is 4.55. The van der Waals surface area contributed by atoms with Crippen LogP contribution in [0.5, 0.6) is 0 Å². The third-order valence-electron chi connectivity index (χ3n) is 2.03. The number of hydrogen-bond donors (Lipinski definition) is 0. The smallest absolute Gasteiger partial charge is 0.166 e. The number of allylic oxidation sites excluding steroid dienone is 1. The zero-order valence-electron chi connectivity index (χ0n) is 8.06. The Kier molecular flexibility index (Phi) is 3.35. The van der Waals surface area contributed by atoms with Crippen LogP contribution in [0.2, 0.25) is 0 Å². The zero-order chi connectivity index (χ0) is 10.5. The molecule has 0 saturated carbocycles. The minimum Gasteiger partial charge on any atom is -0.356 e. The average Bonchev–Trinajstić information content (AvgIpc) is 2.80. The summed E-state index contributed by atoms with van der Waals surface area (Å²) >= 11 is 3.34. The number of nitrogens with zero attached hydrogens (tertiary/aromatic N) is 1. The van der Waals surface area contributed by atoms with Crippen LogP contribution in [0.4, 0.5) is 0 Å². The van der Waals surface area contributed by atoms with E-state index in [-0.39, 0.29) is 0 Å². The molecule has 0 amide bonds. The van der Waals surface area contributed by atoms with Crippen LogP contribution in [0.3, 0.4) is 0 Å². The van der Waals surface area contributed by atoms with Crippen molar-refractivity contribution in [2.24, 2.45) is 0 Å². The van der Waals surface area contributed by atoms with Crippen molar-refractivity contribution < 1.29 is 4.52 Å². The van der Waals surface area contributed by atoms with Gasteiger partial charge < -0.3 is 4.52 Å². The molecule has 2 rings (SSSR count). The number of halogens is 1. The predicted octanol–water partition coefficient (Wildman–Crippen LogP) is 3.75. The molecule has 0 spiro atoms. The van der Waals surface area contributed by atoms with E-state index in [9.17, 15) is 0 Å². The lowest BCUT2D eigenvalue weighted by Gasteiger charge is -1.96. The normalized spacial score (nSPS) is 11.0. The lowest BCUT2D eigenvalue weighted by molar-refractivity contribution is 0.432. The molecule has 3 heteroatoms. The lowest BCUT2D eigenvalue weighted by atomic mass is 10.1. The average molecular weight is 264 g/mol. The van der Waals surface area contributed by atoms with E-state index in [1.807, 2.05) is 18.2 Å². The molecule has 0 aliphatic carbocycles. The molecule has 0 atom stereocenters. The molecule has 0 unspecified atom stereocenters. The fourth-order valence-corrected chi connectivity index (χ4v) is 1.49. The summed E-state index contributed by atoms with van der Waals surface area (Å²) < 4.78 is 5.07. The van der Waals surface area contributed by atoms with Crippen LogP contribution in [0, 0.1) is 0 Å². The molecule has 15 heavy (non-hydrogen) atoms. The molecule has 0 fully saturated rings. The van der Waals surface area contributed by atoms with Gasteiger partial charge in [0.2, 0.25) is 0 Å². The molecular formula is C12H10BrNO. The van der Waals surface area contributed by atoms with Gasteiger partial charge in [0.25, 0.3) is 0 Å². The largest absolute Gasteiger partial charge is 0.356 e. The molecule has 0 aliphatic heterocycles. The van der Waals surface area contributed by atoms with Crippen molar-refractivity contribution in [3.8, 4) is 11.3 Å². The van der Waals surface area contributed by atoms with E-state index in [0.717, 1.165) is 16.7 Å². The van der Waals surface area contributed by atoms with E-state index in [4.69, 9.17) is 4.52 Å². The van der Waals surface area contributed by atoms with Gasteiger partial charge in [-0.25, -0.2) is 0 Å². The second-order valence-electron chi connectivity index (χ2n) is 3.06. The monoisotopic (exact) mass is 263 g/mol. The van der Waals surface area contributed by atoms with Crippen LogP contribution in [-0.4, -0.2) is 10.5 Å². The van der Waals surface area contributed by atoms with Gasteiger partial charge in [-0.15, -0.1) is 0 Å². The summed E-state index contributed by atoms with van der Waals surface area (Å²) in [5.41, 5.74) is 2.22. The van der Waals surface area contributed by atoms with Gasteiger partial charge in [0.15, 0.2) is 5.76 Å². The van der Waals surface area contributed by atoms with Gasteiger partial charge in [0.1, 0.15) is 0 Å². The second-order valence-corrected chi connectivity index (χ2v) is 3.70. The van der Waals surface area contributed by atoms with Crippen molar-refractivity contribution in [2.75, 3.05) is 5.33 Å². The minimum atomic E-state index is 0.797. The fourth-order valence-electron chi connectivity index (χ4n) is 1.30. The molecule has 0 bridgehead atoms. The first kappa shape index (κ1) is 10.2. The quantitative estimate of drug-likeness (QED) is 0.789. The standard InChI is InChI=1S/C12H10BrNO/c13-8-1-2-10-3-5-11(6-4-10)12-7-9-14-15-12/h1-7,9H,8H2. The molecule has 2 nitrogen and oxygen atoms in total. The number of rotatable bonds is 3. The van der Waals surface area contributed by atoms with Crippen molar-refractivity contribution in [3.63, 3.8) is 0 Å². The van der Waals surface area contributed by atoms with E-state index in [0.29, 0.717) is 0 Å². The summed E-state index contributed by atoms with van der Waals surface area (Å²) in [7, 11) is 0. The van der Waals surface area contributed by atoms with E-state index in [2.05, 4.69) is 45.4 Å². The van der Waals surface area contributed by atoms with Gasteiger partial charge >= 0.3 is 0 Å². The van der Waals surface area contributed by atoms with Gasteiger partial charge in [-0.2, -0.15) is 0 Å². The first-order valence-corrected chi connectivity index (χ1v) is 5.76. The van der Waals surface area contributed by atoms with Crippen LogP contribution in [0.25, 0.3) is 17.4 Å². The number of benzene rings is 1. The van der Waals surface area contributed by atoms with Crippen molar-refractivity contribution in [1.29, 1.82) is 0 Å². The molecule has 0 saturated heterocycles. The third kappa shape index (κ3) is 2.57. The molecule has 1 heterocycles. The highest BCUT2D eigenvalue weighted by molar-refractivity contribution is 9.09. The van der Waals surface area contributed by atoms with E-state index in [1.54, 1.807) is 6.20 Å². The van der Waals surface area contributed by atoms with E-state index in [1.165, 1.54) is 5.56 Å². The van der Waals surface area contributed by atoms with Gasteiger partial charge in [-0.1, -0.05) is 57.5 Å². The molecule has 0 radical (unpaired) electrons. The first-order valence-electron chi connectivity index (χ1n) is 4.64. The molecule has 76 valence electrons.